The molecule has 7 heteroatoms. The van der Waals surface area contributed by atoms with Crippen LogP contribution in [-0.2, 0) is 6.18 Å². The maximum Gasteiger partial charge on any atom is 0.416 e. The van der Waals surface area contributed by atoms with Crippen molar-refractivity contribution in [2.24, 2.45) is 0 Å². The Bertz CT molecular complexity index is 392. The number of amides is 1. The van der Waals surface area contributed by atoms with Crippen molar-refractivity contribution < 1.29 is 23.2 Å². The Balaban J connectivity index is 3.23. The van der Waals surface area contributed by atoms with Gasteiger partial charge in [-0.2, -0.15) is 13.2 Å². The van der Waals surface area contributed by atoms with Gasteiger partial charge < -0.3 is 0 Å². The maximum atomic E-state index is 12.2. The van der Waals surface area contributed by atoms with E-state index >= 15 is 0 Å². The number of carbonyl (C=O) groups is 1. The van der Waals surface area contributed by atoms with Crippen molar-refractivity contribution in [1.29, 1.82) is 0 Å². The number of benzene rings is 1. The standard InChI is InChI=1S/C8H5ClF3NO2/c9-6-2-1-4(8(10,11)12)3-5(6)7(14)13-15/h1-3,15H,(H,13,14). The highest BCUT2D eigenvalue weighted by Crippen LogP contribution is 2.31. The molecule has 0 aromatic heterocycles. The predicted molar refractivity (Wildman–Crippen MR) is 45.7 cm³/mol. The van der Waals surface area contributed by atoms with E-state index in [2.05, 4.69) is 0 Å². The second-order valence-electron chi connectivity index (χ2n) is 2.63. The normalized spacial score (nSPS) is 11.3. The number of halogens is 4. The minimum Gasteiger partial charge on any atom is -0.288 e. The summed E-state index contributed by atoms with van der Waals surface area (Å²) < 4.78 is 36.7. The molecule has 1 aromatic rings. The summed E-state index contributed by atoms with van der Waals surface area (Å²) in [6.45, 7) is 0. The topological polar surface area (TPSA) is 49.3 Å². The van der Waals surface area contributed by atoms with Gasteiger partial charge >= 0.3 is 6.18 Å². The highest BCUT2D eigenvalue weighted by Gasteiger charge is 2.31. The Hall–Kier alpha value is -1.27. The van der Waals surface area contributed by atoms with Gasteiger partial charge in [-0.05, 0) is 18.2 Å². The summed E-state index contributed by atoms with van der Waals surface area (Å²) in [5.74, 6) is -1.09. The number of hydrogen-bond donors (Lipinski definition) is 2. The van der Waals surface area contributed by atoms with Gasteiger partial charge in [-0.15, -0.1) is 0 Å². The van der Waals surface area contributed by atoms with E-state index in [-0.39, 0.29) is 5.02 Å². The van der Waals surface area contributed by atoms with Crippen molar-refractivity contribution in [3.8, 4) is 0 Å². The van der Waals surface area contributed by atoms with E-state index in [1.807, 2.05) is 0 Å². The third kappa shape index (κ3) is 2.60. The molecule has 0 saturated carbocycles. The van der Waals surface area contributed by atoms with Crippen LogP contribution in [0.25, 0.3) is 0 Å². The van der Waals surface area contributed by atoms with Crippen LogP contribution in [0.5, 0.6) is 0 Å². The second-order valence-corrected chi connectivity index (χ2v) is 3.04. The van der Waals surface area contributed by atoms with Crippen LogP contribution in [0.2, 0.25) is 5.02 Å². The molecule has 0 unspecified atom stereocenters. The fourth-order valence-electron chi connectivity index (χ4n) is 0.936. The molecule has 1 rings (SSSR count). The van der Waals surface area contributed by atoms with Crippen LogP contribution >= 0.6 is 11.6 Å². The van der Waals surface area contributed by atoms with Crippen molar-refractivity contribution in [1.82, 2.24) is 5.48 Å². The maximum absolute atomic E-state index is 12.2. The summed E-state index contributed by atoms with van der Waals surface area (Å²) in [6, 6.07) is 2.25. The zero-order valence-electron chi connectivity index (χ0n) is 7.10. The highest BCUT2D eigenvalue weighted by atomic mass is 35.5. The Morgan fingerprint density at radius 2 is 2.00 bits per heavy atom. The fourth-order valence-corrected chi connectivity index (χ4v) is 1.14. The summed E-state index contributed by atoms with van der Waals surface area (Å²) in [4.78, 5) is 10.9. The number of hydroxylamine groups is 1. The van der Waals surface area contributed by atoms with Crippen LogP contribution in [0.3, 0.4) is 0 Å². The Labute approximate surface area is 87.4 Å². The lowest BCUT2D eigenvalue weighted by molar-refractivity contribution is -0.137. The average molecular weight is 240 g/mol. The van der Waals surface area contributed by atoms with E-state index in [9.17, 15) is 18.0 Å². The van der Waals surface area contributed by atoms with Gasteiger partial charge in [0, 0.05) is 0 Å². The van der Waals surface area contributed by atoms with Gasteiger partial charge in [0.15, 0.2) is 0 Å². The van der Waals surface area contributed by atoms with Gasteiger partial charge in [-0.3, -0.25) is 10.0 Å². The van der Waals surface area contributed by atoms with Crippen LogP contribution < -0.4 is 5.48 Å². The van der Waals surface area contributed by atoms with Crippen LogP contribution in [0.15, 0.2) is 18.2 Å². The highest BCUT2D eigenvalue weighted by molar-refractivity contribution is 6.33. The number of hydrogen-bond acceptors (Lipinski definition) is 2. The molecular formula is C8H5ClF3NO2. The van der Waals surface area contributed by atoms with Crippen molar-refractivity contribution in [3.05, 3.63) is 34.3 Å². The van der Waals surface area contributed by atoms with Crippen molar-refractivity contribution >= 4 is 17.5 Å². The van der Waals surface area contributed by atoms with Crippen molar-refractivity contribution in [2.45, 2.75) is 6.18 Å². The van der Waals surface area contributed by atoms with Crippen molar-refractivity contribution in [2.75, 3.05) is 0 Å². The van der Waals surface area contributed by atoms with Crippen LogP contribution in [0, 0.1) is 0 Å². The van der Waals surface area contributed by atoms with Crippen molar-refractivity contribution in [3.63, 3.8) is 0 Å². The molecule has 1 amide bonds. The molecule has 0 atom stereocenters. The molecule has 0 heterocycles. The van der Waals surface area contributed by atoms with Crippen LogP contribution in [0.1, 0.15) is 15.9 Å². The van der Waals surface area contributed by atoms with Gasteiger partial charge in [0.2, 0.25) is 0 Å². The van der Waals surface area contributed by atoms with Crippen LogP contribution in [-0.4, -0.2) is 11.1 Å². The van der Waals surface area contributed by atoms with Gasteiger partial charge in [0.1, 0.15) is 0 Å². The molecule has 0 aliphatic rings. The SMILES string of the molecule is O=C(NO)c1cc(C(F)(F)F)ccc1Cl. The van der Waals surface area contributed by atoms with E-state index in [4.69, 9.17) is 16.8 Å². The fraction of sp³-hybridized carbons (Fsp3) is 0.125. The number of carbonyl (C=O) groups excluding carboxylic acids is 1. The lowest BCUT2D eigenvalue weighted by Crippen LogP contribution is -2.20. The first-order chi connectivity index (χ1) is 6.86. The molecule has 0 fully saturated rings. The second kappa shape index (κ2) is 4.08. The molecular weight excluding hydrogens is 235 g/mol. The zero-order valence-corrected chi connectivity index (χ0v) is 7.86. The lowest BCUT2D eigenvalue weighted by Gasteiger charge is -2.08. The largest absolute Gasteiger partial charge is 0.416 e. The average Bonchev–Trinajstić information content (AvgIpc) is 2.15. The van der Waals surface area contributed by atoms with E-state index in [1.54, 1.807) is 0 Å². The summed E-state index contributed by atoms with van der Waals surface area (Å²) >= 11 is 5.48. The molecule has 0 aliphatic heterocycles. The minimum absolute atomic E-state index is 0.172. The molecule has 0 spiro atoms. The molecule has 2 N–H and O–H groups in total. The molecule has 1 aromatic carbocycles. The number of nitrogens with one attached hydrogen (secondary N) is 1. The summed E-state index contributed by atoms with van der Waals surface area (Å²) in [7, 11) is 0. The minimum atomic E-state index is -4.56. The molecule has 0 bridgehead atoms. The third-order valence-corrected chi connectivity index (χ3v) is 1.97. The Morgan fingerprint density at radius 1 is 1.40 bits per heavy atom. The predicted octanol–water partition coefficient (Wildman–Crippen LogP) is 2.48. The lowest BCUT2D eigenvalue weighted by atomic mass is 10.1. The van der Waals surface area contributed by atoms with Gasteiger partial charge in [-0.1, -0.05) is 11.6 Å². The smallest absolute Gasteiger partial charge is 0.288 e. The zero-order chi connectivity index (χ0) is 11.6. The Morgan fingerprint density at radius 3 is 2.47 bits per heavy atom. The summed E-state index contributed by atoms with van der Waals surface area (Å²) in [5, 5.41) is 8.10. The van der Waals surface area contributed by atoms with E-state index in [1.165, 1.54) is 5.48 Å². The van der Waals surface area contributed by atoms with E-state index in [0.29, 0.717) is 6.07 Å². The first kappa shape index (κ1) is 11.8. The van der Waals surface area contributed by atoms with Gasteiger partial charge in [0.05, 0.1) is 16.1 Å². The first-order valence-electron chi connectivity index (χ1n) is 3.67. The summed E-state index contributed by atoms with van der Waals surface area (Å²) in [5.41, 5.74) is -0.235. The number of rotatable bonds is 1. The summed E-state index contributed by atoms with van der Waals surface area (Å²) in [6.07, 6.45) is -4.56. The van der Waals surface area contributed by atoms with E-state index < -0.39 is 23.2 Å². The van der Waals surface area contributed by atoms with Gasteiger partial charge in [-0.25, -0.2) is 5.48 Å². The molecule has 0 saturated heterocycles. The molecule has 15 heavy (non-hydrogen) atoms. The van der Waals surface area contributed by atoms with Crippen LogP contribution in [0.4, 0.5) is 13.2 Å². The monoisotopic (exact) mass is 239 g/mol. The number of alkyl halides is 3. The Kier molecular flexibility index (Phi) is 3.21. The van der Waals surface area contributed by atoms with Gasteiger partial charge in [0.25, 0.3) is 5.91 Å². The quantitative estimate of drug-likeness (QED) is 0.584. The molecule has 0 aliphatic carbocycles. The molecule has 82 valence electrons. The molecule has 0 radical (unpaired) electrons. The molecule has 3 nitrogen and oxygen atoms in total. The first-order valence-corrected chi connectivity index (χ1v) is 4.05. The third-order valence-electron chi connectivity index (χ3n) is 1.64. The van der Waals surface area contributed by atoms with E-state index in [0.717, 1.165) is 12.1 Å².